The summed E-state index contributed by atoms with van der Waals surface area (Å²) in [5.41, 5.74) is 1.60. The van der Waals surface area contributed by atoms with Gasteiger partial charge >= 0.3 is 0 Å². The van der Waals surface area contributed by atoms with Crippen LogP contribution in [0.3, 0.4) is 0 Å². The van der Waals surface area contributed by atoms with Crippen molar-refractivity contribution < 1.29 is 13.6 Å². The summed E-state index contributed by atoms with van der Waals surface area (Å²) in [6.07, 6.45) is 2.15. The Morgan fingerprint density at radius 1 is 1.26 bits per heavy atom. The number of hydrazone groups is 1. The van der Waals surface area contributed by atoms with Crippen LogP contribution in [0.4, 0.5) is 5.69 Å². The predicted octanol–water partition coefficient (Wildman–Crippen LogP) is 4.73. The van der Waals surface area contributed by atoms with Gasteiger partial charge in [0.1, 0.15) is 29.0 Å². The second-order valence-electron chi connectivity index (χ2n) is 6.29. The van der Waals surface area contributed by atoms with Gasteiger partial charge in [0.15, 0.2) is 0 Å². The number of rotatable bonds is 5. The minimum atomic E-state index is -0.278. The van der Waals surface area contributed by atoms with Gasteiger partial charge in [0.25, 0.3) is 5.91 Å². The summed E-state index contributed by atoms with van der Waals surface area (Å²) in [4.78, 5) is 12.8. The number of amides is 1. The second kappa shape index (κ2) is 7.44. The fourth-order valence-corrected chi connectivity index (χ4v) is 3.27. The maximum absolute atomic E-state index is 12.8. The standard InChI is InChI=1S/C20H18BrN3O3/c1-13-4-9-18(27-13)16-11-17(19-3-2-10-26-19)24(23-16)20(25)12-22-15-7-5-14(21)6-8-15/h2-10,17,22H,11-12H2,1H3. The quantitative estimate of drug-likeness (QED) is 0.638. The van der Waals surface area contributed by atoms with E-state index in [1.54, 1.807) is 6.26 Å². The Balaban J connectivity index is 1.53. The molecule has 1 unspecified atom stereocenters. The number of nitrogens with one attached hydrogen (secondary N) is 1. The van der Waals surface area contributed by atoms with Crippen molar-refractivity contribution in [3.8, 4) is 0 Å². The van der Waals surface area contributed by atoms with Gasteiger partial charge in [-0.3, -0.25) is 4.79 Å². The molecule has 138 valence electrons. The molecule has 0 radical (unpaired) electrons. The van der Waals surface area contributed by atoms with Crippen LogP contribution in [0.1, 0.15) is 29.7 Å². The van der Waals surface area contributed by atoms with Crippen LogP contribution in [0.5, 0.6) is 0 Å². The normalized spacial score (nSPS) is 16.4. The molecule has 0 fully saturated rings. The summed E-state index contributed by atoms with van der Waals surface area (Å²) in [7, 11) is 0. The molecule has 1 aromatic carbocycles. The van der Waals surface area contributed by atoms with Crippen molar-refractivity contribution >= 4 is 33.2 Å². The van der Waals surface area contributed by atoms with Gasteiger partial charge in [0, 0.05) is 16.6 Å². The van der Waals surface area contributed by atoms with Crippen LogP contribution in [0.2, 0.25) is 0 Å². The van der Waals surface area contributed by atoms with E-state index in [-0.39, 0.29) is 18.5 Å². The number of hydrogen-bond acceptors (Lipinski definition) is 5. The van der Waals surface area contributed by atoms with E-state index in [0.717, 1.165) is 21.6 Å². The second-order valence-corrected chi connectivity index (χ2v) is 7.21. The molecule has 27 heavy (non-hydrogen) atoms. The number of carbonyl (C=O) groups excluding carboxylic acids is 1. The van der Waals surface area contributed by atoms with E-state index in [0.29, 0.717) is 17.9 Å². The zero-order valence-electron chi connectivity index (χ0n) is 14.7. The summed E-state index contributed by atoms with van der Waals surface area (Å²) in [6.45, 7) is 2.01. The SMILES string of the molecule is Cc1ccc(C2=NN(C(=O)CNc3ccc(Br)cc3)C(c3ccco3)C2)o1. The number of furan rings is 2. The number of hydrogen-bond donors (Lipinski definition) is 1. The number of aryl methyl sites for hydroxylation is 1. The van der Waals surface area contributed by atoms with Crippen LogP contribution in [-0.4, -0.2) is 23.2 Å². The van der Waals surface area contributed by atoms with Crippen molar-refractivity contribution in [3.63, 3.8) is 0 Å². The van der Waals surface area contributed by atoms with E-state index in [4.69, 9.17) is 8.83 Å². The van der Waals surface area contributed by atoms with Crippen molar-refractivity contribution in [1.82, 2.24) is 5.01 Å². The first-order valence-corrected chi connectivity index (χ1v) is 9.38. The van der Waals surface area contributed by atoms with Crippen molar-refractivity contribution in [1.29, 1.82) is 0 Å². The lowest BCUT2D eigenvalue weighted by molar-refractivity contribution is -0.131. The molecule has 1 atom stereocenters. The largest absolute Gasteiger partial charge is 0.467 e. The molecule has 2 aromatic heterocycles. The van der Waals surface area contributed by atoms with Crippen LogP contribution in [-0.2, 0) is 4.79 Å². The first-order valence-electron chi connectivity index (χ1n) is 8.59. The van der Waals surface area contributed by atoms with E-state index in [9.17, 15) is 4.79 Å². The zero-order valence-corrected chi connectivity index (χ0v) is 16.3. The Bertz CT molecular complexity index is 961. The first kappa shape index (κ1) is 17.6. The molecule has 7 heteroatoms. The summed E-state index contributed by atoms with van der Waals surface area (Å²) in [6, 6.07) is 14.8. The molecule has 1 N–H and O–H groups in total. The summed E-state index contributed by atoms with van der Waals surface area (Å²) in [5.74, 6) is 2.05. The third kappa shape index (κ3) is 3.83. The van der Waals surface area contributed by atoms with Crippen LogP contribution >= 0.6 is 15.9 Å². The molecule has 1 aliphatic heterocycles. The smallest absolute Gasteiger partial charge is 0.262 e. The van der Waals surface area contributed by atoms with Gasteiger partial charge in [-0.05, 0) is 55.5 Å². The minimum Gasteiger partial charge on any atom is -0.467 e. The van der Waals surface area contributed by atoms with Crippen LogP contribution in [0.25, 0.3) is 0 Å². The molecular weight excluding hydrogens is 410 g/mol. The van der Waals surface area contributed by atoms with Crippen molar-refractivity contribution in [2.75, 3.05) is 11.9 Å². The summed E-state index contributed by atoms with van der Waals surface area (Å²) >= 11 is 3.40. The number of carbonyl (C=O) groups is 1. The highest BCUT2D eigenvalue weighted by Crippen LogP contribution is 2.33. The molecule has 0 saturated carbocycles. The van der Waals surface area contributed by atoms with Crippen molar-refractivity contribution in [2.45, 2.75) is 19.4 Å². The minimum absolute atomic E-state index is 0.132. The molecule has 3 aromatic rings. The Morgan fingerprint density at radius 2 is 2.07 bits per heavy atom. The van der Waals surface area contributed by atoms with Gasteiger partial charge < -0.3 is 14.2 Å². The average Bonchev–Trinajstić information content (AvgIpc) is 3.40. The Kier molecular flexibility index (Phi) is 4.85. The third-order valence-electron chi connectivity index (χ3n) is 4.35. The Morgan fingerprint density at radius 3 is 2.74 bits per heavy atom. The summed E-state index contributed by atoms with van der Waals surface area (Å²) < 4.78 is 12.2. The number of halogens is 1. The lowest BCUT2D eigenvalue weighted by Crippen LogP contribution is -2.32. The Labute approximate surface area is 165 Å². The molecule has 0 aliphatic carbocycles. The molecule has 3 heterocycles. The van der Waals surface area contributed by atoms with E-state index in [1.807, 2.05) is 55.5 Å². The highest BCUT2D eigenvalue weighted by molar-refractivity contribution is 9.10. The van der Waals surface area contributed by atoms with Crippen LogP contribution in [0, 0.1) is 6.92 Å². The van der Waals surface area contributed by atoms with E-state index >= 15 is 0 Å². The highest BCUT2D eigenvalue weighted by Gasteiger charge is 2.35. The molecule has 1 aliphatic rings. The molecular formula is C20H18BrN3O3. The molecule has 6 nitrogen and oxygen atoms in total. The van der Waals surface area contributed by atoms with Crippen LogP contribution in [0.15, 0.2) is 73.2 Å². The number of benzene rings is 1. The van der Waals surface area contributed by atoms with Gasteiger partial charge in [-0.1, -0.05) is 15.9 Å². The molecule has 1 amide bonds. The summed E-state index contributed by atoms with van der Waals surface area (Å²) in [5, 5.41) is 9.16. The monoisotopic (exact) mass is 427 g/mol. The zero-order chi connectivity index (χ0) is 18.8. The first-order chi connectivity index (χ1) is 13.1. The molecule has 0 spiro atoms. The van der Waals surface area contributed by atoms with E-state index < -0.39 is 0 Å². The molecule has 0 bridgehead atoms. The molecule has 0 saturated heterocycles. The van der Waals surface area contributed by atoms with E-state index in [2.05, 4.69) is 26.3 Å². The predicted molar refractivity (Wildman–Crippen MR) is 106 cm³/mol. The lowest BCUT2D eigenvalue weighted by Gasteiger charge is -2.20. The van der Waals surface area contributed by atoms with Gasteiger partial charge in [0.05, 0.1) is 12.8 Å². The maximum atomic E-state index is 12.8. The maximum Gasteiger partial charge on any atom is 0.262 e. The van der Waals surface area contributed by atoms with Gasteiger partial charge in [-0.2, -0.15) is 5.10 Å². The fourth-order valence-electron chi connectivity index (χ4n) is 3.01. The van der Waals surface area contributed by atoms with E-state index in [1.165, 1.54) is 5.01 Å². The van der Waals surface area contributed by atoms with Gasteiger partial charge in [-0.25, -0.2) is 5.01 Å². The average molecular weight is 428 g/mol. The molecule has 4 rings (SSSR count). The van der Waals surface area contributed by atoms with Gasteiger partial charge in [-0.15, -0.1) is 0 Å². The van der Waals surface area contributed by atoms with Crippen molar-refractivity contribution in [2.24, 2.45) is 5.10 Å². The van der Waals surface area contributed by atoms with Gasteiger partial charge in [0.2, 0.25) is 0 Å². The Hall–Kier alpha value is -2.80. The fraction of sp³-hybridized carbons (Fsp3) is 0.200. The number of anilines is 1. The van der Waals surface area contributed by atoms with Crippen LogP contribution < -0.4 is 5.32 Å². The topological polar surface area (TPSA) is 71.0 Å². The number of nitrogens with zero attached hydrogens (tertiary/aromatic N) is 2. The van der Waals surface area contributed by atoms with Crippen molar-refractivity contribution in [3.05, 3.63) is 76.5 Å². The third-order valence-corrected chi connectivity index (χ3v) is 4.88. The lowest BCUT2D eigenvalue weighted by atomic mass is 10.1. The highest BCUT2D eigenvalue weighted by atomic mass is 79.9.